The molecule has 1 unspecified atom stereocenters. The third kappa shape index (κ3) is 4.48. The van der Waals surface area contributed by atoms with Crippen LogP contribution in [0.2, 0.25) is 0 Å². The molecule has 2 heterocycles. The largest absolute Gasteiger partial charge is 0.474 e. The minimum atomic E-state index is -0.384. The minimum Gasteiger partial charge on any atom is -0.474 e. The van der Waals surface area contributed by atoms with E-state index in [4.69, 9.17) is 9.47 Å². The number of ether oxygens (including phenoxy) is 2. The molecule has 1 aliphatic heterocycles. The van der Waals surface area contributed by atoms with Gasteiger partial charge in [0.1, 0.15) is 12.2 Å². The van der Waals surface area contributed by atoms with Crippen molar-refractivity contribution in [1.82, 2.24) is 10.3 Å². The fourth-order valence-electron chi connectivity index (χ4n) is 3.83. The number of rotatable bonds is 4. The first-order valence-electron chi connectivity index (χ1n) is 9.75. The Morgan fingerprint density at radius 3 is 2.63 bits per heavy atom. The molecular weight excluding hydrogens is 340 g/mol. The van der Waals surface area contributed by atoms with E-state index in [9.17, 15) is 4.79 Å². The maximum absolute atomic E-state index is 12.6. The highest BCUT2D eigenvalue weighted by Gasteiger charge is 2.29. The average molecular weight is 366 g/mol. The van der Waals surface area contributed by atoms with Crippen LogP contribution in [-0.2, 0) is 22.6 Å². The second-order valence-corrected chi connectivity index (χ2v) is 7.55. The third-order valence-electron chi connectivity index (χ3n) is 5.45. The Kier molecular flexibility index (Phi) is 5.39. The Labute approximate surface area is 160 Å². The summed E-state index contributed by atoms with van der Waals surface area (Å²) < 4.78 is 11.7. The highest BCUT2D eigenvalue weighted by Crippen LogP contribution is 2.24. The number of benzene rings is 1. The van der Waals surface area contributed by atoms with Crippen molar-refractivity contribution in [3.8, 4) is 5.88 Å². The number of nitrogens with zero attached hydrogens (tertiary/aromatic N) is 1. The summed E-state index contributed by atoms with van der Waals surface area (Å²) >= 11 is 0. The first-order valence-corrected chi connectivity index (χ1v) is 9.75. The molecule has 27 heavy (non-hydrogen) atoms. The quantitative estimate of drug-likeness (QED) is 0.902. The molecule has 1 aromatic carbocycles. The van der Waals surface area contributed by atoms with Crippen molar-refractivity contribution in [2.45, 2.75) is 63.9 Å². The molecule has 1 aliphatic carbocycles. The highest BCUT2D eigenvalue weighted by molar-refractivity contribution is 5.81. The van der Waals surface area contributed by atoms with E-state index in [0.717, 1.165) is 31.2 Å². The monoisotopic (exact) mass is 366 g/mol. The summed E-state index contributed by atoms with van der Waals surface area (Å²) in [6, 6.07) is 12.3. The summed E-state index contributed by atoms with van der Waals surface area (Å²) in [6.45, 7) is 2.53. The molecule has 5 nitrogen and oxygen atoms in total. The van der Waals surface area contributed by atoms with Crippen LogP contribution in [0.5, 0.6) is 5.88 Å². The predicted octanol–water partition coefficient (Wildman–Crippen LogP) is 3.34. The van der Waals surface area contributed by atoms with Crippen LogP contribution in [0.4, 0.5) is 0 Å². The molecule has 2 aliphatic rings. The van der Waals surface area contributed by atoms with Crippen LogP contribution in [0, 0.1) is 6.92 Å². The van der Waals surface area contributed by atoms with Gasteiger partial charge in [-0.15, -0.1) is 0 Å². The minimum absolute atomic E-state index is 0.00840. The van der Waals surface area contributed by atoms with Gasteiger partial charge in [0, 0.05) is 24.7 Å². The van der Waals surface area contributed by atoms with Crippen molar-refractivity contribution >= 4 is 5.91 Å². The molecule has 0 bridgehead atoms. The zero-order valence-corrected chi connectivity index (χ0v) is 15.7. The van der Waals surface area contributed by atoms with Crippen LogP contribution >= 0.6 is 0 Å². The highest BCUT2D eigenvalue weighted by atomic mass is 16.5. The molecule has 142 valence electrons. The second-order valence-electron chi connectivity index (χ2n) is 7.55. The molecule has 0 spiro atoms. The lowest BCUT2D eigenvalue weighted by Gasteiger charge is -2.31. The Balaban J connectivity index is 1.24. The molecule has 4 rings (SSSR count). The van der Waals surface area contributed by atoms with E-state index in [1.165, 1.54) is 11.1 Å². The third-order valence-corrected chi connectivity index (χ3v) is 5.45. The van der Waals surface area contributed by atoms with E-state index in [2.05, 4.69) is 22.4 Å². The van der Waals surface area contributed by atoms with Crippen molar-refractivity contribution in [3.63, 3.8) is 0 Å². The summed E-state index contributed by atoms with van der Waals surface area (Å²) in [5.41, 5.74) is 3.52. The molecule has 1 saturated carbocycles. The number of carbonyl (C=O) groups excluding carboxylic acids is 1. The summed E-state index contributed by atoms with van der Waals surface area (Å²) in [5.74, 6) is 0.691. The smallest absolute Gasteiger partial charge is 0.249 e. The summed E-state index contributed by atoms with van der Waals surface area (Å²) in [5, 5.41) is 3.18. The molecule has 1 N–H and O–H groups in total. The Morgan fingerprint density at radius 2 is 1.89 bits per heavy atom. The molecule has 5 heteroatoms. The van der Waals surface area contributed by atoms with Gasteiger partial charge in [0.05, 0.1) is 6.61 Å². The van der Waals surface area contributed by atoms with E-state index in [1.807, 2.05) is 37.4 Å². The average Bonchev–Trinajstić information content (AvgIpc) is 2.71. The van der Waals surface area contributed by atoms with Crippen LogP contribution in [0.15, 0.2) is 42.6 Å². The van der Waals surface area contributed by atoms with Crippen molar-refractivity contribution in [3.05, 3.63) is 59.3 Å². The summed E-state index contributed by atoms with van der Waals surface area (Å²) in [4.78, 5) is 16.9. The first kappa shape index (κ1) is 18.0. The van der Waals surface area contributed by atoms with Gasteiger partial charge >= 0.3 is 0 Å². The van der Waals surface area contributed by atoms with Gasteiger partial charge in [0.15, 0.2) is 0 Å². The van der Waals surface area contributed by atoms with Crippen LogP contribution in [0.1, 0.15) is 42.4 Å². The number of pyridine rings is 1. The Bertz CT molecular complexity index is 782. The van der Waals surface area contributed by atoms with Crippen molar-refractivity contribution in [2.75, 3.05) is 0 Å². The fourth-order valence-corrected chi connectivity index (χ4v) is 3.83. The Morgan fingerprint density at radius 1 is 1.11 bits per heavy atom. The summed E-state index contributed by atoms with van der Waals surface area (Å²) in [7, 11) is 0. The van der Waals surface area contributed by atoms with Gasteiger partial charge in [0.2, 0.25) is 11.8 Å². The number of nitrogens with one attached hydrogen (secondary N) is 1. The van der Waals surface area contributed by atoms with Crippen LogP contribution in [-0.4, -0.2) is 29.1 Å². The van der Waals surface area contributed by atoms with Gasteiger partial charge in [-0.3, -0.25) is 4.79 Å². The standard InChI is InChI=1S/C22H26N2O3/c1-15-6-11-21(23-13-15)27-19-9-7-18(8-10-19)24-22(25)20-12-16-4-2-3-5-17(16)14-26-20/h2-6,11,13,18-20H,7-10,12,14H2,1H3,(H,24,25). The molecule has 1 amide bonds. The molecule has 1 aromatic heterocycles. The number of hydrogen-bond donors (Lipinski definition) is 1. The number of carbonyl (C=O) groups is 1. The molecule has 0 radical (unpaired) electrons. The van der Waals surface area contributed by atoms with E-state index >= 15 is 0 Å². The maximum atomic E-state index is 12.6. The zero-order valence-electron chi connectivity index (χ0n) is 15.7. The van der Waals surface area contributed by atoms with E-state index in [1.54, 1.807) is 0 Å². The van der Waals surface area contributed by atoms with Gasteiger partial charge in [-0.2, -0.15) is 0 Å². The lowest BCUT2D eigenvalue weighted by Crippen LogP contribution is -2.46. The van der Waals surface area contributed by atoms with E-state index in [0.29, 0.717) is 18.9 Å². The van der Waals surface area contributed by atoms with Crippen LogP contribution in [0.25, 0.3) is 0 Å². The topological polar surface area (TPSA) is 60.5 Å². The number of fused-ring (bicyclic) bond motifs is 1. The number of aryl methyl sites for hydroxylation is 1. The van der Waals surface area contributed by atoms with Crippen LogP contribution in [0.3, 0.4) is 0 Å². The van der Waals surface area contributed by atoms with E-state index < -0.39 is 0 Å². The maximum Gasteiger partial charge on any atom is 0.249 e. The number of hydrogen-bond acceptors (Lipinski definition) is 4. The van der Waals surface area contributed by atoms with Crippen LogP contribution < -0.4 is 10.1 Å². The molecule has 2 aromatic rings. The van der Waals surface area contributed by atoms with Gasteiger partial charge in [0.25, 0.3) is 0 Å². The molecule has 1 fully saturated rings. The zero-order chi connectivity index (χ0) is 18.6. The van der Waals surface area contributed by atoms with Crippen molar-refractivity contribution in [2.24, 2.45) is 0 Å². The van der Waals surface area contributed by atoms with Gasteiger partial charge in [-0.05, 0) is 49.3 Å². The SMILES string of the molecule is Cc1ccc(OC2CCC(NC(=O)C3Cc4ccccc4CO3)CC2)nc1. The molecule has 0 saturated heterocycles. The molecular formula is C22H26N2O3. The second kappa shape index (κ2) is 8.09. The lowest BCUT2D eigenvalue weighted by atomic mass is 9.92. The normalized spacial score (nSPS) is 24.7. The lowest BCUT2D eigenvalue weighted by molar-refractivity contribution is -0.135. The summed E-state index contributed by atoms with van der Waals surface area (Å²) in [6.07, 6.45) is 5.96. The predicted molar refractivity (Wildman–Crippen MR) is 103 cm³/mol. The van der Waals surface area contributed by atoms with Gasteiger partial charge in [-0.25, -0.2) is 4.98 Å². The molecule has 1 atom stereocenters. The Hall–Kier alpha value is -2.40. The number of amides is 1. The van der Waals surface area contributed by atoms with Crippen molar-refractivity contribution in [1.29, 1.82) is 0 Å². The van der Waals surface area contributed by atoms with Gasteiger partial charge in [-0.1, -0.05) is 30.3 Å². The van der Waals surface area contributed by atoms with E-state index in [-0.39, 0.29) is 24.2 Å². The van der Waals surface area contributed by atoms with Gasteiger partial charge < -0.3 is 14.8 Å². The first-order chi connectivity index (χ1) is 13.2. The van der Waals surface area contributed by atoms with Crippen molar-refractivity contribution < 1.29 is 14.3 Å². The number of aromatic nitrogens is 1. The fraction of sp³-hybridized carbons (Fsp3) is 0.455.